The number of nitrogens with two attached hydrogens (primary N) is 1. The first kappa shape index (κ1) is 13.6. The van der Waals surface area contributed by atoms with E-state index in [0.717, 1.165) is 39.4 Å². The van der Waals surface area contributed by atoms with Gasteiger partial charge >= 0.3 is 0 Å². The standard InChI is InChI=1S/C13H16N4OS2/c1-6-7(2)16-17-13-9(6)10(14)11(20-13)12(18)15-8-3-4-19-5-8/h8H,3-5,14H2,1-2H3,(H,15,18). The van der Waals surface area contributed by atoms with Gasteiger partial charge in [0.2, 0.25) is 0 Å². The minimum atomic E-state index is -0.0879. The Hall–Kier alpha value is -1.34. The van der Waals surface area contributed by atoms with Crippen LogP contribution in [0, 0.1) is 13.8 Å². The van der Waals surface area contributed by atoms with Gasteiger partial charge < -0.3 is 11.1 Å². The smallest absolute Gasteiger partial charge is 0.263 e. The number of anilines is 1. The Bertz CT molecular complexity index is 677. The Morgan fingerprint density at radius 3 is 2.90 bits per heavy atom. The highest BCUT2D eigenvalue weighted by Crippen LogP contribution is 2.35. The van der Waals surface area contributed by atoms with Gasteiger partial charge in [0, 0.05) is 17.2 Å². The van der Waals surface area contributed by atoms with Crippen LogP contribution in [0.25, 0.3) is 10.2 Å². The molecule has 0 spiro atoms. The first-order valence-electron chi connectivity index (χ1n) is 6.48. The number of carbonyl (C=O) groups is 1. The molecular weight excluding hydrogens is 292 g/mol. The molecule has 20 heavy (non-hydrogen) atoms. The number of nitrogen functional groups attached to an aromatic ring is 1. The van der Waals surface area contributed by atoms with Crippen LogP contribution in [0.15, 0.2) is 0 Å². The lowest BCUT2D eigenvalue weighted by Crippen LogP contribution is -2.34. The molecular formula is C13H16N4OS2. The average Bonchev–Trinajstić information content (AvgIpc) is 3.02. The molecule has 0 aliphatic carbocycles. The second kappa shape index (κ2) is 5.21. The number of hydrogen-bond donors (Lipinski definition) is 2. The summed E-state index contributed by atoms with van der Waals surface area (Å²) in [6, 6.07) is 0.256. The molecule has 2 aromatic heterocycles. The summed E-state index contributed by atoms with van der Waals surface area (Å²) in [5, 5.41) is 12.2. The lowest BCUT2D eigenvalue weighted by Gasteiger charge is -2.10. The van der Waals surface area contributed by atoms with E-state index in [0.29, 0.717) is 10.6 Å². The molecule has 1 saturated heterocycles. The molecule has 1 atom stereocenters. The predicted molar refractivity (Wildman–Crippen MR) is 84.5 cm³/mol. The Morgan fingerprint density at radius 2 is 2.20 bits per heavy atom. The van der Waals surface area contributed by atoms with E-state index < -0.39 is 0 Å². The molecule has 1 aliphatic heterocycles. The van der Waals surface area contributed by atoms with Crippen molar-refractivity contribution < 1.29 is 4.79 Å². The minimum absolute atomic E-state index is 0.0879. The summed E-state index contributed by atoms with van der Waals surface area (Å²) in [4.78, 5) is 13.6. The molecule has 3 rings (SSSR count). The van der Waals surface area contributed by atoms with Gasteiger partial charge in [0.25, 0.3) is 5.91 Å². The van der Waals surface area contributed by atoms with E-state index in [1.807, 2.05) is 25.6 Å². The molecule has 1 unspecified atom stereocenters. The van der Waals surface area contributed by atoms with Gasteiger partial charge in [-0.05, 0) is 31.6 Å². The second-order valence-electron chi connectivity index (χ2n) is 4.97. The molecule has 3 heterocycles. The summed E-state index contributed by atoms with van der Waals surface area (Å²) in [5.41, 5.74) is 8.54. The molecule has 2 aromatic rings. The van der Waals surface area contributed by atoms with Gasteiger partial charge in [-0.2, -0.15) is 16.9 Å². The third-order valence-corrected chi connectivity index (χ3v) is 5.86. The molecule has 106 valence electrons. The van der Waals surface area contributed by atoms with Gasteiger partial charge in [-0.3, -0.25) is 4.79 Å². The number of rotatable bonds is 2. The maximum absolute atomic E-state index is 12.3. The summed E-state index contributed by atoms with van der Waals surface area (Å²) in [5.74, 6) is 2.00. The number of carbonyl (C=O) groups excluding carboxylic acids is 1. The number of fused-ring (bicyclic) bond motifs is 1. The van der Waals surface area contributed by atoms with Crippen LogP contribution in [-0.2, 0) is 0 Å². The Balaban J connectivity index is 1.97. The molecule has 5 nitrogen and oxygen atoms in total. The van der Waals surface area contributed by atoms with Gasteiger partial charge in [-0.15, -0.1) is 16.4 Å². The van der Waals surface area contributed by atoms with Crippen molar-refractivity contribution in [3.63, 3.8) is 0 Å². The monoisotopic (exact) mass is 308 g/mol. The third-order valence-electron chi connectivity index (χ3n) is 3.61. The Labute approximate surface area is 125 Å². The lowest BCUT2D eigenvalue weighted by molar-refractivity contribution is 0.0946. The number of nitrogens with one attached hydrogen (secondary N) is 1. The van der Waals surface area contributed by atoms with Crippen LogP contribution in [0.1, 0.15) is 27.3 Å². The SMILES string of the molecule is Cc1nnc2sc(C(=O)NC3CCSC3)c(N)c2c1C. The Kier molecular flexibility index (Phi) is 3.55. The van der Waals surface area contributed by atoms with Crippen LogP contribution in [-0.4, -0.2) is 33.7 Å². The molecule has 0 aromatic carbocycles. The first-order chi connectivity index (χ1) is 9.58. The maximum Gasteiger partial charge on any atom is 0.263 e. The van der Waals surface area contributed by atoms with Crippen molar-refractivity contribution in [2.75, 3.05) is 17.2 Å². The third kappa shape index (κ3) is 2.25. The summed E-state index contributed by atoms with van der Waals surface area (Å²) in [6.45, 7) is 3.86. The van der Waals surface area contributed by atoms with Crippen molar-refractivity contribution in [1.29, 1.82) is 0 Å². The van der Waals surface area contributed by atoms with Crippen molar-refractivity contribution in [3.8, 4) is 0 Å². The van der Waals surface area contributed by atoms with Gasteiger partial charge in [0.15, 0.2) is 0 Å². The molecule has 0 radical (unpaired) electrons. The van der Waals surface area contributed by atoms with Crippen molar-refractivity contribution in [2.24, 2.45) is 0 Å². The van der Waals surface area contributed by atoms with E-state index in [4.69, 9.17) is 5.73 Å². The highest BCUT2D eigenvalue weighted by molar-refractivity contribution is 7.99. The summed E-state index contributed by atoms with van der Waals surface area (Å²) in [6.07, 6.45) is 1.03. The van der Waals surface area contributed by atoms with E-state index in [9.17, 15) is 4.79 Å². The molecule has 0 saturated carbocycles. The molecule has 3 N–H and O–H groups in total. The maximum atomic E-state index is 12.3. The van der Waals surface area contributed by atoms with Crippen LogP contribution in [0.2, 0.25) is 0 Å². The molecule has 1 amide bonds. The predicted octanol–water partition coefficient (Wildman–Crippen LogP) is 2.13. The second-order valence-corrected chi connectivity index (χ2v) is 7.12. The fraction of sp³-hybridized carbons (Fsp3) is 0.462. The summed E-state index contributed by atoms with van der Waals surface area (Å²) < 4.78 is 0. The van der Waals surface area contributed by atoms with E-state index in [1.54, 1.807) is 0 Å². The number of amides is 1. The van der Waals surface area contributed by atoms with E-state index in [-0.39, 0.29) is 11.9 Å². The van der Waals surface area contributed by atoms with Crippen LogP contribution in [0.4, 0.5) is 5.69 Å². The quantitative estimate of drug-likeness (QED) is 0.888. The van der Waals surface area contributed by atoms with Crippen LogP contribution >= 0.6 is 23.1 Å². The highest BCUT2D eigenvalue weighted by Gasteiger charge is 2.23. The number of hydrogen-bond acceptors (Lipinski definition) is 6. The number of nitrogens with zero attached hydrogens (tertiary/aromatic N) is 2. The number of thioether (sulfide) groups is 1. The van der Waals surface area contributed by atoms with Gasteiger partial charge in [0.05, 0.1) is 11.4 Å². The zero-order chi connectivity index (χ0) is 14.3. The van der Waals surface area contributed by atoms with Gasteiger partial charge in [0.1, 0.15) is 9.71 Å². The lowest BCUT2D eigenvalue weighted by atomic mass is 10.1. The van der Waals surface area contributed by atoms with Crippen LogP contribution in [0.3, 0.4) is 0 Å². The zero-order valence-corrected chi connectivity index (χ0v) is 13.0. The zero-order valence-electron chi connectivity index (χ0n) is 11.4. The molecule has 0 bridgehead atoms. The number of aryl methyl sites for hydroxylation is 2. The molecule has 1 aliphatic rings. The summed E-state index contributed by atoms with van der Waals surface area (Å²) in [7, 11) is 0. The van der Waals surface area contributed by atoms with E-state index in [2.05, 4.69) is 15.5 Å². The largest absolute Gasteiger partial charge is 0.397 e. The molecule has 7 heteroatoms. The minimum Gasteiger partial charge on any atom is -0.397 e. The van der Waals surface area contributed by atoms with Crippen LogP contribution < -0.4 is 11.1 Å². The van der Waals surface area contributed by atoms with Crippen molar-refractivity contribution in [3.05, 3.63) is 16.1 Å². The Morgan fingerprint density at radius 1 is 1.40 bits per heavy atom. The van der Waals surface area contributed by atoms with Gasteiger partial charge in [-0.1, -0.05) is 0 Å². The normalized spacial score (nSPS) is 18.6. The van der Waals surface area contributed by atoms with Gasteiger partial charge in [-0.25, -0.2) is 0 Å². The van der Waals surface area contributed by atoms with E-state index in [1.165, 1.54) is 11.3 Å². The van der Waals surface area contributed by atoms with E-state index >= 15 is 0 Å². The fourth-order valence-corrected chi connectivity index (χ4v) is 4.46. The van der Waals surface area contributed by atoms with Crippen molar-refractivity contribution >= 4 is 44.9 Å². The summed E-state index contributed by atoms with van der Waals surface area (Å²) >= 11 is 3.19. The average molecular weight is 308 g/mol. The number of aromatic nitrogens is 2. The first-order valence-corrected chi connectivity index (χ1v) is 8.45. The fourth-order valence-electron chi connectivity index (χ4n) is 2.31. The highest BCUT2D eigenvalue weighted by atomic mass is 32.2. The topological polar surface area (TPSA) is 80.9 Å². The van der Waals surface area contributed by atoms with Crippen molar-refractivity contribution in [1.82, 2.24) is 15.5 Å². The molecule has 1 fully saturated rings. The van der Waals surface area contributed by atoms with Crippen LogP contribution in [0.5, 0.6) is 0 Å². The van der Waals surface area contributed by atoms with Crippen molar-refractivity contribution in [2.45, 2.75) is 26.3 Å². The number of thiophene rings is 1.